The van der Waals surface area contributed by atoms with Crippen molar-refractivity contribution in [3.8, 4) is 0 Å². The summed E-state index contributed by atoms with van der Waals surface area (Å²) in [5.74, 6) is 0.984. The first-order valence-electron chi connectivity index (χ1n) is 10.0. The van der Waals surface area contributed by atoms with Crippen molar-refractivity contribution >= 4 is 11.6 Å². The Kier molecular flexibility index (Phi) is 5.39. The molecule has 0 radical (unpaired) electrons. The summed E-state index contributed by atoms with van der Waals surface area (Å²) >= 11 is 0. The lowest BCUT2D eigenvalue weighted by Gasteiger charge is -2.24. The van der Waals surface area contributed by atoms with E-state index < -0.39 is 0 Å². The predicted molar refractivity (Wildman–Crippen MR) is 111 cm³/mol. The van der Waals surface area contributed by atoms with E-state index in [4.69, 9.17) is 10.7 Å². The molecule has 1 aliphatic heterocycles. The zero-order chi connectivity index (χ0) is 18.6. The van der Waals surface area contributed by atoms with E-state index in [-0.39, 0.29) is 0 Å². The lowest BCUT2D eigenvalue weighted by molar-refractivity contribution is 0.279. The molecule has 1 aromatic heterocycles. The maximum absolute atomic E-state index is 6.25. The molecule has 2 aliphatic rings. The lowest BCUT2D eigenvalue weighted by atomic mass is 9.90. The summed E-state index contributed by atoms with van der Waals surface area (Å²) in [5.41, 5.74) is 11.5. The summed E-state index contributed by atoms with van der Waals surface area (Å²) in [7, 11) is 2.18. The van der Waals surface area contributed by atoms with Gasteiger partial charge in [-0.15, -0.1) is 0 Å². The average Bonchev–Trinajstić information content (AvgIpc) is 3.08. The van der Waals surface area contributed by atoms with Gasteiger partial charge in [0.15, 0.2) is 5.96 Å². The molecule has 0 amide bonds. The highest BCUT2D eigenvalue weighted by Gasteiger charge is 2.32. The number of hydrogen-bond donors (Lipinski definition) is 2. The molecule has 0 spiro atoms. The Morgan fingerprint density at radius 3 is 3.00 bits per heavy atom. The number of aryl methyl sites for hydroxylation is 1. The van der Waals surface area contributed by atoms with E-state index in [0.717, 1.165) is 31.6 Å². The molecule has 2 atom stereocenters. The molecule has 1 aliphatic carbocycles. The Morgan fingerprint density at radius 1 is 1.26 bits per heavy atom. The van der Waals surface area contributed by atoms with Crippen molar-refractivity contribution in [3.63, 3.8) is 0 Å². The van der Waals surface area contributed by atoms with Gasteiger partial charge in [0.25, 0.3) is 0 Å². The van der Waals surface area contributed by atoms with Crippen LogP contribution in [0.4, 0.5) is 5.69 Å². The van der Waals surface area contributed by atoms with Gasteiger partial charge in [0.2, 0.25) is 0 Å². The zero-order valence-electron chi connectivity index (χ0n) is 16.1. The maximum Gasteiger partial charge on any atom is 0.193 e. The van der Waals surface area contributed by atoms with Gasteiger partial charge in [0, 0.05) is 30.7 Å². The number of benzene rings is 1. The van der Waals surface area contributed by atoms with Crippen molar-refractivity contribution in [2.45, 2.75) is 38.1 Å². The Morgan fingerprint density at radius 2 is 2.15 bits per heavy atom. The Hall–Kier alpha value is -2.40. The molecule has 0 unspecified atom stereocenters. The number of nitrogens with one attached hydrogen (secondary N) is 1. The number of fused-ring (bicyclic) bond motifs is 1. The topological polar surface area (TPSA) is 66.5 Å². The number of likely N-dealkylation sites (tertiary alicyclic amines) is 1. The molecule has 0 saturated carbocycles. The molecule has 1 saturated heterocycles. The second-order valence-electron chi connectivity index (χ2n) is 7.76. The zero-order valence-corrected chi connectivity index (χ0v) is 16.1. The third-order valence-electron chi connectivity index (χ3n) is 5.95. The lowest BCUT2D eigenvalue weighted by Crippen LogP contribution is -2.26. The molecular formula is C22H29N5. The van der Waals surface area contributed by atoms with Gasteiger partial charge in [0.05, 0.1) is 0 Å². The fourth-order valence-electron chi connectivity index (χ4n) is 4.59. The first kappa shape index (κ1) is 18.0. The average molecular weight is 364 g/mol. The molecule has 3 N–H and O–H groups in total. The molecule has 4 rings (SSSR count). The maximum atomic E-state index is 6.25. The minimum Gasteiger partial charge on any atom is -0.370 e. The van der Waals surface area contributed by atoms with Crippen LogP contribution in [0.2, 0.25) is 0 Å². The smallest absolute Gasteiger partial charge is 0.193 e. The quantitative estimate of drug-likeness (QED) is 0.645. The van der Waals surface area contributed by atoms with E-state index in [9.17, 15) is 0 Å². The minimum absolute atomic E-state index is 0.361. The summed E-state index contributed by atoms with van der Waals surface area (Å²) in [6.07, 6.45) is 9.77. The van der Waals surface area contributed by atoms with E-state index in [0.29, 0.717) is 17.9 Å². The molecule has 27 heavy (non-hydrogen) atoms. The number of aromatic nitrogens is 1. The van der Waals surface area contributed by atoms with Crippen LogP contribution in [-0.2, 0) is 12.8 Å². The molecule has 1 aromatic carbocycles. The molecule has 2 aromatic rings. The van der Waals surface area contributed by atoms with Crippen LogP contribution in [0, 0.1) is 5.92 Å². The number of nitrogens with zero attached hydrogens (tertiary/aromatic N) is 3. The first-order chi connectivity index (χ1) is 13.2. The highest BCUT2D eigenvalue weighted by molar-refractivity contribution is 5.93. The fraction of sp³-hybridized carbons (Fsp3) is 0.455. The van der Waals surface area contributed by atoms with Gasteiger partial charge in [0.1, 0.15) is 0 Å². The summed E-state index contributed by atoms with van der Waals surface area (Å²) < 4.78 is 0. The number of pyridine rings is 1. The van der Waals surface area contributed by atoms with Crippen LogP contribution in [0.25, 0.3) is 0 Å². The van der Waals surface area contributed by atoms with Gasteiger partial charge in [-0.05, 0) is 80.4 Å². The van der Waals surface area contributed by atoms with Crippen LogP contribution in [0.15, 0.2) is 47.7 Å². The summed E-state index contributed by atoms with van der Waals surface area (Å²) in [6, 6.07) is 11.0. The molecule has 142 valence electrons. The molecular weight excluding hydrogens is 334 g/mol. The van der Waals surface area contributed by atoms with Crippen LogP contribution in [0.5, 0.6) is 0 Å². The van der Waals surface area contributed by atoms with Gasteiger partial charge < -0.3 is 11.1 Å². The Bertz CT molecular complexity index is 802. The standard InChI is InChI=1S/C22H29N5/c1-27-13-11-18(21(27)17-8-5-12-24-14-17)15-25-22(23)26-20-10-4-7-16-6-2-3-9-19(16)20/h4-5,7-8,10,12,14,18,21H,2-3,6,9,11,13,15H2,1H3,(H3,23,25,26)/t18-,21-/m0/s1. The second kappa shape index (κ2) is 8.09. The number of aliphatic imine (C=N–C) groups is 1. The van der Waals surface area contributed by atoms with Crippen LogP contribution < -0.4 is 11.1 Å². The number of anilines is 1. The van der Waals surface area contributed by atoms with Crippen molar-refractivity contribution in [2.24, 2.45) is 16.6 Å². The van der Waals surface area contributed by atoms with Crippen LogP contribution in [-0.4, -0.2) is 36.0 Å². The van der Waals surface area contributed by atoms with Crippen molar-refractivity contribution in [2.75, 3.05) is 25.5 Å². The minimum atomic E-state index is 0.361. The first-order valence-corrected chi connectivity index (χ1v) is 10.0. The molecule has 5 nitrogen and oxygen atoms in total. The molecule has 0 bridgehead atoms. The van der Waals surface area contributed by atoms with E-state index >= 15 is 0 Å². The summed E-state index contributed by atoms with van der Waals surface area (Å²) in [6.45, 7) is 1.82. The number of guanidine groups is 1. The number of rotatable bonds is 4. The normalized spacial score (nSPS) is 23.2. The van der Waals surface area contributed by atoms with Crippen molar-refractivity contribution in [1.82, 2.24) is 9.88 Å². The molecule has 5 heteroatoms. The number of nitrogens with two attached hydrogens (primary N) is 1. The number of hydrogen-bond acceptors (Lipinski definition) is 3. The van der Waals surface area contributed by atoms with Crippen molar-refractivity contribution in [3.05, 3.63) is 59.4 Å². The van der Waals surface area contributed by atoms with Crippen molar-refractivity contribution < 1.29 is 0 Å². The Labute approximate surface area is 161 Å². The van der Waals surface area contributed by atoms with Crippen molar-refractivity contribution in [1.29, 1.82) is 0 Å². The molecule has 1 fully saturated rings. The third-order valence-corrected chi connectivity index (χ3v) is 5.95. The van der Waals surface area contributed by atoms with E-state index in [1.807, 2.05) is 18.5 Å². The molecule has 2 heterocycles. The highest BCUT2D eigenvalue weighted by Crippen LogP contribution is 2.36. The van der Waals surface area contributed by atoms with Gasteiger partial charge >= 0.3 is 0 Å². The van der Waals surface area contributed by atoms with Crippen LogP contribution in [0.3, 0.4) is 0 Å². The van der Waals surface area contributed by atoms with E-state index in [1.54, 1.807) is 0 Å². The van der Waals surface area contributed by atoms with Gasteiger partial charge in [-0.1, -0.05) is 18.2 Å². The van der Waals surface area contributed by atoms with Crippen LogP contribution >= 0.6 is 0 Å². The van der Waals surface area contributed by atoms with Crippen LogP contribution in [0.1, 0.15) is 42.0 Å². The monoisotopic (exact) mass is 363 g/mol. The predicted octanol–water partition coefficient (Wildman–Crippen LogP) is 3.38. The highest BCUT2D eigenvalue weighted by atomic mass is 15.2. The van der Waals surface area contributed by atoms with E-state index in [1.165, 1.54) is 36.0 Å². The van der Waals surface area contributed by atoms with Gasteiger partial charge in [-0.3, -0.25) is 14.9 Å². The third kappa shape index (κ3) is 3.98. The van der Waals surface area contributed by atoms with Gasteiger partial charge in [-0.25, -0.2) is 0 Å². The van der Waals surface area contributed by atoms with Gasteiger partial charge in [-0.2, -0.15) is 0 Å². The largest absolute Gasteiger partial charge is 0.370 e. The fourth-order valence-corrected chi connectivity index (χ4v) is 4.59. The Balaban J connectivity index is 1.45. The second-order valence-corrected chi connectivity index (χ2v) is 7.76. The van der Waals surface area contributed by atoms with E-state index in [2.05, 4.69) is 46.5 Å². The summed E-state index contributed by atoms with van der Waals surface area (Å²) in [4.78, 5) is 11.4. The SMILES string of the molecule is CN1CC[C@@H](CN=C(N)Nc2cccc3c2CCCC3)[C@@H]1c1cccnc1. The summed E-state index contributed by atoms with van der Waals surface area (Å²) in [5, 5.41) is 3.36.